The number of benzene rings is 2. The van der Waals surface area contributed by atoms with Crippen LogP contribution in [0.5, 0.6) is 0 Å². The fourth-order valence-electron chi connectivity index (χ4n) is 5.41. The minimum atomic E-state index is -0.395. The van der Waals surface area contributed by atoms with E-state index in [0.29, 0.717) is 25.6 Å². The number of rotatable bonds is 6. The number of nitrogens with zero attached hydrogens (tertiary/aromatic N) is 2. The van der Waals surface area contributed by atoms with E-state index in [0.717, 1.165) is 24.8 Å². The van der Waals surface area contributed by atoms with Crippen LogP contribution in [0.3, 0.4) is 0 Å². The zero-order valence-electron chi connectivity index (χ0n) is 20.9. The van der Waals surface area contributed by atoms with Crippen LogP contribution in [0.4, 0.5) is 0 Å². The van der Waals surface area contributed by atoms with Crippen molar-refractivity contribution in [3.8, 4) is 0 Å². The summed E-state index contributed by atoms with van der Waals surface area (Å²) in [4.78, 5) is 30.3. The molecule has 2 aromatic carbocycles. The lowest BCUT2D eigenvalue weighted by atomic mass is 9.94. The lowest BCUT2D eigenvalue weighted by molar-refractivity contribution is -0.136. The molecule has 0 aromatic heterocycles. The average Bonchev–Trinajstić information content (AvgIpc) is 3.03. The van der Waals surface area contributed by atoms with Crippen molar-refractivity contribution >= 4 is 17.9 Å². The third kappa shape index (κ3) is 5.41. The summed E-state index contributed by atoms with van der Waals surface area (Å²) in [5.74, 6) is 0.656. The highest BCUT2D eigenvalue weighted by Crippen LogP contribution is 2.35. The Morgan fingerprint density at radius 3 is 2.35 bits per heavy atom. The average molecular weight is 460 g/mol. The highest BCUT2D eigenvalue weighted by Gasteiger charge is 2.51. The van der Waals surface area contributed by atoms with Gasteiger partial charge in [0.25, 0.3) is 0 Å². The van der Waals surface area contributed by atoms with Crippen molar-refractivity contribution in [2.45, 2.75) is 65.2 Å². The first-order chi connectivity index (χ1) is 16.3. The van der Waals surface area contributed by atoms with Gasteiger partial charge in [-0.1, -0.05) is 73.5 Å². The molecule has 2 fully saturated rings. The van der Waals surface area contributed by atoms with Crippen molar-refractivity contribution in [2.75, 3.05) is 13.1 Å². The molecule has 0 aliphatic carbocycles. The summed E-state index contributed by atoms with van der Waals surface area (Å²) in [6, 6.07) is 16.2. The fraction of sp³-hybridized carbons (Fsp3) is 0.448. The Kier molecular flexibility index (Phi) is 7.22. The van der Waals surface area contributed by atoms with E-state index in [4.69, 9.17) is 0 Å². The van der Waals surface area contributed by atoms with Crippen LogP contribution in [-0.4, -0.2) is 46.4 Å². The van der Waals surface area contributed by atoms with Crippen LogP contribution < -0.4 is 5.32 Å². The van der Waals surface area contributed by atoms with Crippen LogP contribution in [0.15, 0.2) is 54.6 Å². The quantitative estimate of drug-likeness (QED) is 0.638. The molecule has 4 rings (SSSR count). The standard InChI is InChI=1S/C29H37N3O2/c1-21(2)16-26-28(34)32(20-25-18-22(3)17-23(4)19-25)29(30-26)12-14-31(15-13-29)27(33)11-10-24-8-6-5-7-9-24/h5-11,17-19,21,26,30H,12-16,20H2,1-4H3/b11-10+. The van der Waals surface area contributed by atoms with Gasteiger partial charge in [0.05, 0.1) is 11.7 Å². The molecule has 1 N–H and O–H groups in total. The predicted molar refractivity (Wildman–Crippen MR) is 137 cm³/mol. The van der Waals surface area contributed by atoms with Crippen molar-refractivity contribution in [2.24, 2.45) is 5.92 Å². The number of hydrogen-bond acceptors (Lipinski definition) is 3. The Balaban J connectivity index is 1.50. The van der Waals surface area contributed by atoms with Gasteiger partial charge in [0.15, 0.2) is 0 Å². The maximum Gasteiger partial charge on any atom is 0.246 e. The van der Waals surface area contributed by atoms with Crippen molar-refractivity contribution in [3.63, 3.8) is 0 Å². The first-order valence-electron chi connectivity index (χ1n) is 12.4. The fourth-order valence-corrected chi connectivity index (χ4v) is 5.41. The van der Waals surface area contributed by atoms with Gasteiger partial charge in [0, 0.05) is 38.6 Å². The van der Waals surface area contributed by atoms with Crippen LogP contribution in [0.2, 0.25) is 0 Å². The van der Waals surface area contributed by atoms with Crippen molar-refractivity contribution in [3.05, 3.63) is 76.9 Å². The maximum atomic E-state index is 13.5. The zero-order valence-corrected chi connectivity index (χ0v) is 20.9. The molecule has 0 radical (unpaired) electrons. The molecule has 0 saturated carbocycles. The molecule has 2 aliphatic rings. The maximum absolute atomic E-state index is 13.5. The van der Waals surface area contributed by atoms with Crippen molar-refractivity contribution in [1.82, 2.24) is 15.1 Å². The summed E-state index contributed by atoms with van der Waals surface area (Å²) in [5, 5.41) is 3.72. The highest BCUT2D eigenvalue weighted by molar-refractivity contribution is 5.92. The van der Waals surface area contributed by atoms with Crippen LogP contribution in [0.25, 0.3) is 6.08 Å². The summed E-state index contributed by atoms with van der Waals surface area (Å²) in [6.07, 6.45) is 5.84. The molecule has 1 spiro atoms. The first kappa shape index (κ1) is 24.2. The smallest absolute Gasteiger partial charge is 0.246 e. The Morgan fingerprint density at radius 1 is 1.09 bits per heavy atom. The van der Waals surface area contributed by atoms with E-state index in [1.165, 1.54) is 16.7 Å². The van der Waals surface area contributed by atoms with E-state index in [9.17, 15) is 9.59 Å². The van der Waals surface area contributed by atoms with Gasteiger partial charge in [0.2, 0.25) is 11.8 Å². The Morgan fingerprint density at radius 2 is 1.74 bits per heavy atom. The molecular weight excluding hydrogens is 422 g/mol. The Bertz CT molecular complexity index is 1030. The number of likely N-dealkylation sites (tertiary alicyclic amines) is 1. The number of piperidine rings is 1. The van der Waals surface area contributed by atoms with Gasteiger partial charge in [-0.3, -0.25) is 14.9 Å². The molecule has 2 aliphatic heterocycles. The molecular formula is C29H37N3O2. The number of carbonyl (C=O) groups is 2. The Labute approximate surface area is 203 Å². The molecule has 2 amide bonds. The molecule has 5 heteroatoms. The number of nitrogens with one attached hydrogen (secondary N) is 1. The van der Waals surface area contributed by atoms with Crippen LogP contribution in [-0.2, 0) is 16.1 Å². The second-order valence-electron chi connectivity index (χ2n) is 10.3. The molecule has 180 valence electrons. The molecule has 34 heavy (non-hydrogen) atoms. The van der Waals surface area contributed by atoms with E-state index < -0.39 is 5.66 Å². The molecule has 1 atom stereocenters. The van der Waals surface area contributed by atoms with Gasteiger partial charge >= 0.3 is 0 Å². The van der Waals surface area contributed by atoms with Crippen molar-refractivity contribution < 1.29 is 9.59 Å². The summed E-state index contributed by atoms with van der Waals surface area (Å²) >= 11 is 0. The highest BCUT2D eigenvalue weighted by atomic mass is 16.2. The van der Waals surface area contributed by atoms with Gasteiger partial charge < -0.3 is 9.80 Å². The minimum Gasteiger partial charge on any atom is -0.339 e. The van der Waals surface area contributed by atoms with Gasteiger partial charge in [-0.25, -0.2) is 0 Å². The number of hydrogen-bond donors (Lipinski definition) is 1. The molecule has 2 aromatic rings. The lowest BCUT2D eigenvalue weighted by Gasteiger charge is -2.44. The normalized spacial score (nSPS) is 20.1. The van der Waals surface area contributed by atoms with Crippen molar-refractivity contribution in [1.29, 1.82) is 0 Å². The first-order valence-corrected chi connectivity index (χ1v) is 12.4. The molecule has 5 nitrogen and oxygen atoms in total. The van der Waals surface area contributed by atoms with E-state index >= 15 is 0 Å². The molecule has 0 bridgehead atoms. The zero-order chi connectivity index (χ0) is 24.3. The Hall–Kier alpha value is -2.92. The van der Waals surface area contributed by atoms with Crippen LogP contribution in [0, 0.1) is 19.8 Å². The third-order valence-corrected chi connectivity index (χ3v) is 6.97. The molecule has 2 saturated heterocycles. The largest absolute Gasteiger partial charge is 0.339 e. The monoisotopic (exact) mass is 459 g/mol. The lowest BCUT2D eigenvalue weighted by Crippen LogP contribution is -2.59. The van der Waals surface area contributed by atoms with Gasteiger partial charge in [-0.15, -0.1) is 0 Å². The summed E-state index contributed by atoms with van der Waals surface area (Å²) < 4.78 is 0. The minimum absolute atomic E-state index is 0.0302. The molecule has 2 heterocycles. The second-order valence-corrected chi connectivity index (χ2v) is 10.3. The van der Waals surface area contributed by atoms with Crippen LogP contribution in [0.1, 0.15) is 55.4 Å². The second kappa shape index (κ2) is 10.1. The number of amides is 2. The summed E-state index contributed by atoms with van der Waals surface area (Å²) in [6.45, 7) is 10.4. The number of carbonyl (C=O) groups excluding carboxylic acids is 2. The van der Waals surface area contributed by atoms with E-state index in [1.54, 1.807) is 6.08 Å². The summed E-state index contributed by atoms with van der Waals surface area (Å²) in [5.41, 5.74) is 4.22. The van der Waals surface area contributed by atoms with E-state index in [2.05, 4.69) is 56.1 Å². The van der Waals surface area contributed by atoms with E-state index in [-0.39, 0.29) is 17.9 Å². The SMILES string of the molecule is Cc1cc(C)cc(CN2C(=O)C(CC(C)C)NC23CCN(C(=O)/C=C/c2ccccc2)CC3)c1. The van der Waals surface area contributed by atoms with Gasteiger partial charge in [0.1, 0.15) is 0 Å². The van der Waals surface area contributed by atoms with Gasteiger partial charge in [-0.05, 0) is 43.4 Å². The third-order valence-electron chi connectivity index (χ3n) is 6.97. The number of aryl methyl sites for hydroxylation is 2. The van der Waals surface area contributed by atoms with Gasteiger partial charge in [-0.2, -0.15) is 0 Å². The summed E-state index contributed by atoms with van der Waals surface area (Å²) in [7, 11) is 0. The van der Waals surface area contributed by atoms with E-state index in [1.807, 2.05) is 41.3 Å². The topological polar surface area (TPSA) is 52.7 Å². The molecule has 1 unspecified atom stereocenters. The van der Waals surface area contributed by atoms with Crippen LogP contribution >= 0.6 is 0 Å². The predicted octanol–water partition coefficient (Wildman–Crippen LogP) is 4.68.